The number of H-pyrrole nitrogens is 1. The summed E-state index contributed by atoms with van der Waals surface area (Å²) in [4.78, 5) is 24.2. The number of aromatic nitrogens is 4. The topological polar surface area (TPSA) is 75.1 Å². The molecule has 0 aliphatic carbocycles. The highest BCUT2D eigenvalue weighted by molar-refractivity contribution is 7.98. The van der Waals surface area contributed by atoms with Crippen molar-refractivity contribution < 1.29 is 18.0 Å². The van der Waals surface area contributed by atoms with Gasteiger partial charge in [-0.1, -0.05) is 53.2 Å². The highest BCUT2D eigenvalue weighted by atomic mass is 35.5. The molecule has 0 spiro atoms. The van der Waals surface area contributed by atoms with Crippen LogP contribution in [0.15, 0.2) is 66.0 Å². The number of para-hydroxylation sites is 2. The number of anilines is 1. The second kappa shape index (κ2) is 9.10. The number of rotatable bonds is 5. The van der Waals surface area contributed by atoms with Gasteiger partial charge < -0.3 is 14.7 Å². The number of nitrogens with zero attached hydrogens (tertiary/aromatic N) is 3. The van der Waals surface area contributed by atoms with Crippen molar-refractivity contribution in [1.82, 2.24) is 19.4 Å². The minimum absolute atomic E-state index is 0.0149. The van der Waals surface area contributed by atoms with Gasteiger partial charge in [-0.3, -0.25) is 4.79 Å². The maximum absolute atomic E-state index is 13.9. The number of hydrogen-bond donors (Lipinski definition) is 2. The van der Waals surface area contributed by atoms with E-state index in [1.165, 1.54) is 34.9 Å². The zero-order chi connectivity index (χ0) is 24.7. The minimum atomic E-state index is -4.71. The fourth-order valence-corrected chi connectivity index (χ4v) is 5.08. The number of carbonyl (C=O) groups is 1. The molecule has 0 radical (unpaired) electrons. The number of nitrogens with one attached hydrogen (secondary N) is 2. The van der Waals surface area contributed by atoms with E-state index in [-0.39, 0.29) is 38.4 Å². The summed E-state index contributed by atoms with van der Waals surface area (Å²) in [6.07, 6.45) is -3.24. The average molecular weight is 536 g/mol. The molecule has 2 aromatic carbocycles. The fourth-order valence-electron chi connectivity index (χ4n) is 3.61. The largest absolute Gasteiger partial charge is 0.435 e. The Morgan fingerprint density at radius 3 is 2.49 bits per heavy atom. The fraction of sp³-hybridized carbons (Fsp3) is 0.0870. The zero-order valence-corrected chi connectivity index (χ0v) is 19.9. The van der Waals surface area contributed by atoms with E-state index in [4.69, 9.17) is 23.2 Å². The number of alkyl halides is 3. The molecule has 0 saturated carbocycles. The van der Waals surface area contributed by atoms with Crippen molar-refractivity contribution in [1.29, 1.82) is 0 Å². The van der Waals surface area contributed by atoms with Gasteiger partial charge in [-0.05, 0) is 36.4 Å². The monoisotopic (exact) mass is 535 g/mol. The molecule has 178 valence electrons. The van der Waals surface area contributed by atoms with Crippen LogP contribution in [0.1, 0.15) is 21.7 Å². The van der Waals surface area contributed by atoms with E-state index < -0.39 is 17.8 Å². The van der Waals surface area contributed by atoms with E-state index in [1.807, 2.05) is 24.3 Å². The van der Waals surface area contributed by atoms with Crippen LogP contribution in [0.4, 0.5) is 18.9 Å². The Morgan fingerprint density at radius 1 is 1.03 bits per heavy atom. The molecule has 0 unspecified atom stereocenters. The van der Waals surface area contributed by atoms with E-state index in [0.717, 1.165) is 17.3 Å². The Kier molecular flexibility index (Phi) is 6.12. The Labute approximate surface area is 210 Å². The van der Waals surface area contributed by atoms with Gasteiger partial charge in [-0.25, -0.2) is 9.97 Å². The Bertz CT molecular complexity index is 1530. The lowest BCUT2D eigenvalue weighted by Crippen LogP contribution is -2.14. The summed E-state index contributed by atoms with van der Waals surface area (Å²) >= 11 is 13.3. The number of aromatic amines is 1. The predicted octanol–water partition coefficient (Wildman–Crippen LogP) is 7.08. The summed E-state index contributed by atoms with van der Waals surface area (Å²) in [6.45, 7) is 0. The van der Waals surface area contributed by atoms with E-state index in [2.05, 4.69) is 20.3 Å². The van der Waals surface area contributed by atoms with E-state index in [0.29, 0.717) is 10.7 Å². The Morgan fingerprint density at radius 2 is 1.77 bits per heavy atom. The van der Waals surface area contributed by atoms with Gasteiger partial charge in [0.05, 0.1) is 38.0 Å². The number of halogens is 5. The predicted molar refractivity (Wildman–Crippen MR) is 130 cm³/mol. The Hall–Kier alpha value is -3.21. The lowest BCUT2D eigenvalue weighted by atomic mass is 10.2. The molecule has 5 aromatic rings. The number of fused-ring (bicyclic) bond motifs is 2. The number of carbonyl (C=O) groups excluding carboxylic acids is 1. The summed E-state index contributed by atoms with van der Waals surface area (Å²) in [5.41, 5.74) is 0.417. The number of hydrogen-bond acceptors (Lipinski definition) is 4. The van der Waals surface area contributed by atoms with Gasteiger partial charge in [-0.2, -0.15) is 13.2 Å². The van der Waals surface area contributed by atoms with Crippen LogP contribution in [-0.2, 0) is 11.9 Å². The van der Waals surface area contributed by atoms with Crippen LogP contribution in [0, 0.1) is 0 Å². The summed E-state index contributed by atoms with van der Waals surface area (Å²) in [6, 6.07) is 14.9. The van der Waals surface area contributed by atoms with Crippen LogP contribution >= 0.6 is 35.0 Å². The van der Waals surface area contributed by atoms with Gasteiger partial charge in [0.25, 0.3) is 5.91 Å². The molecule has 0 aliphatic heterocycles. The van der Waals surface area contributed by atoms with E-state index in [1.54, 1.807) is 6.07 Å². The van der Waals surface area contributed by atoms with Crippen LogP contribution in [-0.4, -0.2) is 25.3 Å². The number of amides is 1. The molecule has 6 nitrogen and oxygen atoms in total. The molecular weight excluding hydrogens is 522 g/mol. The third kappa shape index (κ3) is 4.56. The van der Waals surface area contributed by atoms with Crippen LogP contribution in [0.5, 0.6) is 0 Å². The minimum Gasteiger partial charge on any atom is -0.333 e. The van der Waals surface area contributed by atoms with Crippen molar-refractivity contribution in [2.45, 2.75) is 17.1 Å². The van der Waals surface area contributed by atoms with Crippen LogP contribution in [0.25, 0.3) is 16.7 Å². The quantitative estimate of drug-likeness (QED) is 0.236. The van der Waals surface area contributed by atoms with Gasteiger partial charge in [-0.15, -0.1) is 0 Å². The summed E-state index contributed by atoms with van der Waals surface area (Å²) in [5.74, 6) is -0.729. The normalized spacial score (nSPS) is 11.9. The molecule has 3 aromatic heterocycles. The first-order chi connectivity index (χ1) is 16.7. The SMILES string of the molecule is O=C(Nc1cccn2c(CSc3nc4ccccc4[nH]3)c(C(F)(F)F)nc12)c1c(Cl)cccc1Cl. The molecule has 12 heteroatoms. The first-order valence-corrected chi connectivity index (χ1v) is 11.9. The first kappa shape index (κ1) is 23.5. The third-order valence-corrected chi connectivity index (χ3v) is 6.68. The van der Waals surface area contributed by atoms with Crippen molar-refractivity contribution in [2.75, 3.05) is 5.32 Å². The number of pyridine rings is 1. The molecule has 0 aliphatic rings. The lowest BCUT2D eigenvalue weighted by Gasteiger charge is -2.10. The molecular formula is C23H14Cl2F3N5OS. The van der Waals surface area contributed by atoms with Crippen LogP contribution < -0.4 is 5.32 Å². The summed E-state index contributed by atoms with van der Waals surface area (Å²) in [5, 5.41) is 3.29. The van der Waals surface area contributed by atoms with Gasteiger partial charge in [0, 0.05) is 11.9 Å². The van der Waals surface area contributed by atoms with E-state index in [9.17, 15) is 18.0 Å². The molecule has 0 bridgehead atoms. The molecule has 5 rings (SSSR count). The van der Waals surface area contributed by atoms with Gasteiger partial charge >= 0.3 is 6.18 Å². The number of thioether (sulfide) groups is 1. The third-order valence-electron chi connectivity index (χ3n) is 5.17. The molecule has 35 heavy (non-hydrogen) atoms. The zero-order valence-electron chi connectivity index (χ0n) is 17.5. The highest BCUT2D eigenvalue weighted by Gasteiger charge is 2.38. The maximum Gasteiger partial charge on any atom is 0.435 e. The summed E-state index contributed by atoms with van der Waals surface area (Å²) < 4.78 is 43.0. The van der Waals surface area contributed by atoms with Gasteiger partial charge in [0.1, 0.15) is 0 Å². The summed E-state index contributed by atoms with van der Waals surface area (Å²) in [7, 11) is 0. The molecule has 3 heterocycles. The van der Waals surface area contributed by atoms with Gasteiger partial charge in [0.2, 0.25) is 0 Å². The highest BCUT2D eigenvalue weighted by Crippen LogP contribution is 2.36. The average Bonchev–Trinajstić information content (AvgIpc) is 3.39. The standard InChI is InChI=1S/C23H14Cl2F3N5OS/c24-12-5-3-6-13(25)18(12)21(34)29-16-9-4-10-33-17(19(23(26,27)28)32-20(16)33)11-35-22-30-14-7-1-2-8-15(14)31-22/h1-10H,11H2,(H,29,34)(H,30,31). The molecule has 2 N–H and O–H groups in total. The van der Waals surface area contributed by atoms with E-state index >= 15 is 0 Å². The number of benzene rings is 2. The second-order valence-corrected chi connectivity index (χ2v) is 9.20. The molecule has 0 saturated heterocycles. The van der Waals surface area contributed by atoms with Crippen LogP contribution in [0.2, 0.25) is 10.0 Å². The molecule has 0 atom stereocenters. The van der Waals surface area contributed by atoms with Crippen molar-refractivity contribution in [3.8, 4) is 0 Å². The van der Waals surface area contributed by atoms with Crippen molar-refractivity contribution >= 4 is 63.2 Å². The first-order valence-electron chi connectivity index (χ1n) is 10.1. The molecule has 0 fully saturated rings. The van der Waals surface area contributed by atoms with Crippen molar-refractivity contribution in [2.24, 2.45) is 0 Å². The number of imidazole rings is 2. The smallest absolute Gasteiger partial charge is 0.333 e. The maximum atomic E-state index is 13.9. The van der Waals surface area contributed by atoms with Gasteiger partial charge in [0.15, 0.2) is 16.5 Å². The van der Waals surface area contributed by atoms with Crippen molar-refractivity contribution in [3.63, 3.8) is 0 Å². The lowest BCUT2D eigenvalue weighted by molar-refractivity contribution is -0.141. The Balaban J connectivity index is 1.51. The second-order valence-electron chi connectivity index (χ2n) is 7.42. The van der Waals surface area contributed by atoms with Crippen molar-refractivity contribution in [3.05, 3.63) is 87.8 Å². The van der Waals surface area contributed by atoms with Crippen LogP contribution in [0.3, 0.4) is 0 Å². The molecule has 1 amide bonds.